The first-order valence-corrected chi connectivity index (χ1v) is 7.29. The summed E-state index contributed by atoms with van der Waals surface area (Å²) in [6.07, 6.45) is 8.73. The van der Waals surface area contributed by atoms with Gasteiger partial charge < -0.3 is 10.1 Å². The summed E-state index contributed by atoms with van der Waals surface area (Å²) in [7, 11) is 1.85. The molecule has 3 nitrogen and oxygen atoms in total. The van der Waals surface area contributed by atoms with Gasteiger partial charge in [0.25, 0.3) is 0 Å². The van der Waals surface area contributed by atoms with Crippen molar-refractivity contribution in [1.82, 2.24) is 10.2 Å². The summed E-state index contributed by atoms with van der Waals surface area (Å²) in [6.45, 7) is 5.14. The maximum absolute atomic E-state index is 5.41. The van der Waals surface area contributed by atoms with E-state index in [2.05, 4.69) is 10.2 Å². The van der Waals surface area contributed by atoms with E-state index in [0.717, 1.165) is 6.04 Å². The predicted octanol–water partition coefficient (Wildman–Crippen LogP) is 1.63. The predicted molar refractivity (Wildman–Crippen MR) is 69.2 cm³/mol. The monoisotopic (exact) mass is 238 g/mol. The molecular weight excluding hydrogens is 212 g/mol. The molecule has 3 aliphatic rings. The summed E-state index contributed by atoms with van der Waals surface area (Å²) in [4.78, 5) is 2.76. The number of ether oxygens (including phenoxy) is 1. The Morgan fingerprint density at radius 3 is 2.76 bits per heavy atom. The Morgan fingerprint density at radius 2 is 2.06 bits per heavy atom. The highest BCUT2D eigenvalue weighted by molar-refractivity contribution is 4.96. The highest BCUT2D eigenvalue weighted by Crippen LogP contribution is 2.39. The van der Waals surface area contributed by atoms with Crippen LogP contribution in [-0.4, -0.2) is 50.3 Å². The topological polar surface area (TPSA) is 24.5 Å². The van der Waals surface area contributed by atoms with E-state index in [0.29, 0.717) is 11.5 Å². The Balaban J connectivity index is 1.56. The molecule has 3 fully saturated rings. The molecule has 2 saturated heterocycles. The lowest BCUT2D eigenvalue weighted by atomic mass is 9.73. The molecule has 0 radical (unpaired) electrons. The van der Waals surface area contributed by atoms with Gasteiger partial charge in [-0.15, -0.1) is 0 Å². The van der Waals surface area contributed by atoms with Crippen LogP contribution < -0.4 is 5.32 Å². The van der Waals surface area contributed by atoms with E-state index in [1.165, 1.54) is 64.7 Å². The van der Waals surface area contributed by atoms with Crippen molar-refractivity contribution in [3.05, 3.63) is 0 Å². The second-order valence-electron chi connectivity index (χ2n) is 6.34. The van der Waals surface area contributed by atoms with Crippen LogP contribution in [0, 0.1) is 5.41 Å². The smallest absolute Gasteiger partial charge is 0.0601 e. The van der Waals surface area contributed by atoms with Crippen LogP contribution in [0.15, 0.2) is 0 Å². The third kappa shape index (κ3) is 2.38. The van der Waals surface area contributed by atoms with Gasteiger partial charge >= 0.3 is 0 Å². The fourth-order valence-corrected chi connectivity index (χ4v) is 3.96. The molecule has 3 rings (SSSR count). The van der Waals surface area contributed by atoms with E-state index in [9.17, 15) is 0 Å². The second kappa shape index (κ2) is 4.87. The first-order valence-electron chi connectivity index (χ1n) is 7.29. The summed E-state index contributed by atoms with van der Waals surface area (Å²) in [5.41, 5.74) is 0.606. The van der Waals surface area contributed by atoms with Gasteiger partial charge in [-0.05, 0) is 57.0 Å². The Labute approximate surface area is 105 Å². The molecule has 1 unspecified atom stereocenters. The van der Waals surface area contributed by atoms with Crippen molar-refractivity contribution in [2.24, 2.45) is 5.41 Å². The van der Waals surface area contributed by atoms with Crippen molar-refractivity contribution in [2.45, 2.75) is 50.7 Å². The second-order valence-corrected chi connectivity index (χ2v) is 6.34. The Hall–Kier alpha value is -0.120. The molecular formula is C14H26N2O. The van der Waals surface area contributed by atoms with Crippen molar-refractivity contribution in [3.8, 4) is 0 Å². The molecule has 0 aromatic rings. The van der Waals surface area contributed by atoms with Crippen molar-refractivity contribution >= 4 is 0 Å². The third-order valence-corrected chi connectivity index (χ3v) is 5.17. The molecule has 1 N–H and O–H groups in total. The van der Waals surface area contributed by atoms with E-state index >= 15 is 0 Å². The number of hydrogen-bond acceptors (Lipinski definition) is 3. The zero-order valence-corrected chi connectivity index (χ0v) is 11.1. The molecule has 1 aliphatic carbocycles. The van der Waals surface area contributed by atoms with Crippen LogP contribution in [0.25, 0.3) is 0 Å². The minimum atomic E-state index is 0.544. The summed E-state index contributed by atoms with van der Waals surface area (Å²) >= 11 is 0. The molecule has 3 heteroatoms. The minimum Gasteiger partial charge on any atom is -0.381 e. The maximum atomic E-state index is 5.41. The first-order chi connectivity index (χ1) is 8.31. The van der Waals surface area contributed by atoms with E-state index in [-0.39, 0.29) is 0 Å². The number of rotatable bonds is 2. The van der Waals surface area contributed by atoms with Gasteiger partial charge in [-0.25, -0.2) is 0 Å². The lowest BCUT2D eigenvalue weighted by Gasteiger charge is -2.51. The van der Waals surface area contributed by atoms with Crippen molar-refractivity contribution in [2.75, 3.05) is 33.3 Å². The minimum absolute atomic E-state index is 0.544. The molecule has 0 aromatic heterocycles. The third-order valence-electron chi connectivity index (χ3n) is 5.17. The molecule has 98 valence electrons. The molecule has 17 heavy (non-hydrogen) atoms. The molecule has 0 aromatic carbocycles. The van der Waals surface area contributed by atoms with Gasteiger partial charge in [0.2, 0.25) is 0 Å². The van der Waals surface area contributed by atoms with Gasteiger partial charge in [-0.2, -0.15) is 0 Å². The fraction of sp³-hybridized carbons (Fsp3) is 1.00. The van der Waals surface area contributed by atoms with Crippen LogP contribution in [-0.2, 0) is 4.74 Å². The van der Waals surface area contributed by atoms with Crippen LogP contribution in [0.5, 0.6) is 0 Å². The summed E-state index contributed by atoms with van der Waals surface area (Å²) < 4.78 is 5.41. The number of nitrogens with one attached hydrogen (secondary N) is 1. The molecule has 0 amide bonds. The van der Waals surface area contributed by atoms with Crippen LogP contribution in [0.2, 0.25) is 0 Å². The van der Waals surface area contributed by atoms with Gasteiger partial charge in [0.05, 0.1) is 6.10 Å². The lowest BCUT2D eigenvalue weighted by Crippen LogP contribution is -2.57. The van der Waals surface area contributed by atoms with Gasteiger partial charge in [-0.1, -0.05) is 0 Å². The lowest BCUT2D eigenvalue weighted by molar-refractivity contribution is -0.0562. The quantitative estimate of drug-likeness (QED) is 0.791. The zero-order valence-electron chi connectivity index (χ0n) is 11.1. The van der Waals surface area contributed by atoms with E-state index in [1.807, 2.05) is 7.11 Å². The van der Waals surface area contributed by atoms with Crippen LogP contribution in [0.3, 0.4) is 0 Å². The Morgan fingerprint density at radius 1 is 1.24 bits per heavy atom. The number of methoxy groups -OCH3 is 1. The fourth-order valence-electron chi connectivity index (χ4n) is 3.96. The maximum Gasteiger partial charge on any atom is 0.0601 e. The van der Waals surface area contributed by atoms with Crippen molar-refractivity contribution in [1.29, 1.82) is 0 Å². The molecule has 2 heterocycles. The average Bonchev–Trinajstić information content (AvgIpc) is 2.29. The van der Waals surface area contributed by atoms with Gasteiger partial charge in [0.15, 0.2) is 0 Å². The van der Waals surface area contributed by atoms with Crippen molar-refractivity contribution < 1.29 is 4.74 Å². The zero-order chi connectivity index (χ0) is 11.7. The van der Waals surface area contributed by atoms with Gasteiger partial charge in [0, 0.05) is 26.2 Å². The normalized spacial score (nSPS) is 43.6. The van der Waals surface area contributed by atoms with E-state index in [1.54, 1.807) is 0 Å². The highest BCUT2D eigenvalue weighted by atomic mass is 16.5. The van der Waals surface area contributed by atoms with Crippen molar-refractivity contribution in [3.63, 3.8) is 0 Å². The Bertz CT molecular complexity index is 251. The standard InChI is InChI=1S/C14H26N2O/c1-17-13-8-12(9-13)16-7-3-5-14(11-16)4-2-6-15-10-14/h12-13,15H,2-11H2,1H3. The number of likely N-dealkylation sites (tertiary alicyclic amines) is 1. The molecule has 2 aliphatic heterocycles. The average molecular weight is 238 g/mol. The van der Waals surface area contributed by atoms with Crippen LogP contribution in [0.1, 0.15) is 38.5 Å². The Kier molecular flexibility index (Phi) is 3.42. The van der Waals surface area contributed by atoms with Crippen LogP contribution >= 0.6 is 0 Å². The molecule has 1 spiro atoms. The summed E-state index contributed by atoms with van der Waals surface area (Å²) in [6, 6.07) is 0.819. The van der Waals surface area contributed by atoms with Gasteiger partial charge in [-0.3, -0.25) is 4.90 Å². The largest absolute Gasteiger partial charge is 0.381 e. The molecule has 1 saturated carbocycles. The highest BCUT2D eigenvalue weighted by Gasteiger charge is 2.41. The summed E-state index contributed by atoms with van der Waals surface area (Å²) in [5, 5.41) is 3.61. The summed E-state index contributed by atoms with van der Waals surface area (Å²) in [5.74, 6) is 0. The molecule has 1 atom stereocenters. The van der Waals surface area contributed by atoms with Gasteiger partial charge in [0.1, 0.15) is 0 Å². The number of piperidine rings is 2. The van der Waals surface area contributed by atoms with E-state index in [4.69, 9.17) is 4.74 Å². The number of hydrogen-bond donors (Lipinski definition) is 1. The van der Waals surface area contributed by atoms with E-state index < -0.39 is 0 Å². The van der Waals surface area contributed by atoms with Crippen LogP contribution in [0.4, 0.5) is 0 Å². The molecule has 0 bridgehead atoms. The number of nitrogens with zero attached hydrogens (tertiary/aromatic N) is 1. The SMILES string of the molecule is COC1CC(N2CCCC3(CCCNC3)C2)C1. The first kappa shape index (κ1) is 11.9.